The maximum atomic E-state index is 11.4. The number of carboxylic acids is 1. The molecule has 0 saturated carbocycles. The highest BCUT2D eigenvalue weighted by Crippen LogP contribution is 2.00. The van der Waals surface area contributed by atoms with Crippen LogP contribution in [0.5, 0.6) is 0 Å². The van der Waals surface area contributed by atoms with Gasteiger partial charge in [-0.3, -0.25) is 4.79 Å². The number of thioether (sulfide) groups is 1. The molecule has 0 aromatic heterocycles. The lowest BCUT2D eigenvalue weighted by Crippen LogP contribution is -2.48. The van der Waals surface area contributed by atoms with Gasteiger partial charge in [-0.15, -0.1) is 0 Å². The van der Waals surface area contributed by atoms with E-state index in [1.165, 1.54) is 0 Å². The summed E-state index contributed by atoms with van der Waals surface area (Å²) in [6, 6.07) is -1.77. The summed E-state index contributed by atoms with van der Waals surface area (Å²) in [7, 11) is 0. The Morgan fingerprint density at radius 2 is 2.06 bits per heavy atom. The van der Waals surface area contributed by atoms with Crippen molar-refractivity contribution >= 4 is 23.6 Å². The number of carbonyl (C=O) groups excluding carboxylic acids is 1. The lowest BCUT2D eigenvalue weighted by molar-refractivity contribution is -0.142. The predicted molar refractivity (Wildman–Crippen MR) is 62.2 cm³/mol. The van der Waals surface area contributed by atoms with Gasteiger partial charge in [0.1, 0.15) is 6.04 Å². The number of hydrogen-bond donors (Lipinski definition) is 4. The molecule has 16 heavy (non-hydrogen) atoms. The minimum atomic E-state index is -1.17. The molecule has 94 valence electrons. The highest BCUT2D eigenvalue weighted by Gasteiger charge is 2.22. The SMILES string of the molecule is CSCC[C@H](N)C(=O)NC(CCO)C(=O)O. The summed E-state index contributed by atoms with van der Waals surface area (Å²) < 4.78 is 0. The molecule has 0 heterocycles. The van der Waals surface area contributed by atoms with Gasteiger partial charge in [-0.25, -0.2) is 4.79 Å². The normalized spacial score (nSPS) is 14.2. The fraction of sp³-hybridized carbons (Fsp3) is 0.778. The highest BCUT2D eigenvalue weighted by molar-refractivity contribution is 7.98. The number of nitrogens with two attached hydrogens (primary N) is 1. The zero-order chi connectivity index (χ0) is 12.6. The van der Waals surface area contributed by atoms with Gasteiger partial charge in [0.2, 0.25) is 5.91 Å². The molecule has 2 atom stereocenters. The van der Waals surface area contributed by atoms with Gasteiger partial charge < -0.3 is 21.3 Å². The first kappa shape index (κ1) is 15.2. The topological polar surface area (TPSA) is 113 Å². The lowest BCUT2D eigenvalue weighted by atomic mass is 10.1. The van der Waals surface area contributed by atoms with E-state index >= 15 is 0 Å². The van der Waals surface area contributed by atoms with E-state index < -0.39 is 24.0 Å². The molecule has 0 aliphatic rings. The molecule has 0 aliphatic heterocycles. The molecule has 0 radical (unpaired) electrons. The van der Waals surface area contributed by atoms with Crippen LogP contribution in [0.3, 0.4) is 0 Å². The molecule has 7 heteroatoms. The highest BCUT2D eigenvalue weighted by atomic mass is 32.2. The van der Waals surface area contributed by atoms with Crippen molar-refractivity contribution in [2.75, 3.05) is 18.6 Å². The second-order valence-electron chi connectivity index (χ2n) is 3.30. The van der Waals surface area contributed by atoms with Crippen LogP contribution in [0.4, 0.5) is 0 Å². The van der Waals surface area contributed by atoms with E-state index in [4.69, 9.17) is 15.9 Å². The fourth-order valence-corrected chi connectivity index (χ4v) is 1.53. The van der Waals surface area contributed by atoms with E-state index in [9.17, 15) is 9.59 Å². The minimum Gasteiger partial charge on any atom is -0.480 e. The summed E-state index contributed by atoms with van der Waals surface area (Å²) in [4.78, 5) is 22.1. The van der Waals surface area contributed by atoms with E-state index in [1.54, 1.807) is 11.8 Å². The van der Waals surface area contributed by atoms with Crippen LogP contribution in [0.25, 0.3) is 0 Å². The molecule has 5 N–H and O–H groups in total. The van der Waals surface area contributed by atoms with Crippen molar-refractivity contribution in [1.82, 2.24) is 5.32 Å². The number of rotatable bonds is 8. The van der Waals surface area contributed by atoms with Crippen molar-refractivity contribution in [2.24, 2.45) is 5.73 Å². The fourth-order valence-electron chi connectivity index (χ4n) is 1.04. The summed E-state index contributed by atoms with van der Waals surface area (Å²) in [6.45, 7) is -0.294. The van der Waals surface area contributed by atoms with Crippen molar-refractivity contribution in [3.05, 3.63) is 0 Å². The predicted octanol–water partition coefficient (Wildman–Crippen LogP) is -0.981. The van der Waals surface area contributed by atoms with E-state index in [0.29, 0.717) is 6.42 Å². The summed E-state index contributed by atoms with van der Waals surface area (Å²) in [5.74, 6) is -0.916. The monoisotopic (exact) mass is 250 g/mol. The molecule has 0 spiro atoms. The van der Waals surface area contributed by atoms with Crippen LogP contribution >= 0.6 is 11.8 Å². The van der Waals surface area contributed by atoms with Crippen LogP contribution in [0.1, 0.15) is 12.8 Å². The lowest BCUT2D eigenvalue weighted by Gasteiger charge is -2.16. The van der Waals surface area contributed by atoms with Gasteiger partial charge in [0.15, 0.2) is 0 Å². The molecule has 0 aliphatic carbocycles. The van der Waals surface area contributed by atoms with Crippen molar-refractivity contribution in [2.45, 2.75) is 24.9 Å². The minimum absolute atomic E-state index is 0.0175. The third kappa shape index (κ3) is 5.94. The second kappa shape index (κ2) is 8.37. The van der Waals surface area contributed by atoms with Crippen LogP contribution in [0.15, 0.2) is 0 Å². The summed E-state index contributed by atoms with van der Waals surface area (Å²) in [6.07, 6.45) is 2.38. The Balaban J connectivity index is 4.12. The summed E-state index contributed by atoms with van der Waals surface area (Å²) >= 11 is 1.57. The number of amides is 1. The molecule has 0 rings (SSSR count). The quantitative estimate of drug-likeness (QED) is 0.440. The van der Waals surface area contributed by atoms with Crippen LogP contribution in [0.2, 0.25) is 0 Å². The van der Waals surface area contributed by atoms with E-state index in [2.05, 4.69) is 5.32 Å². The molecule has 0 aromatic rings. The van der Waals surface area contributed by atoms with Crippen LogP contribution in [0, 0.1) is 0 Å². The van der Waals surface area contributed by atoms with Crippen molar-refractivity contribution < 1.29 is 19.8 Å². The first-order chi connectivity index (χ1) is 7.52. The number of aliphatic carboxylic acids is 1. The Labute approximate surface area is 98.6 Å². The molecule has 0 aromatic carbocycles. The van der Waals surface area contributed by atoms with Crippen LogP contribution in [-0.4, -0.2) is 52.8 Å². The number of hydrogen-bond acceptors (Lipinski definition) is 5. The Bertz CT molecular complexity index is 238. The number of carboxylic acid groups (broad SMARTS) is 1. The Hall–Kier alpha value is -0.790. The zero-order valence-electron chi connectivity index (χ0n) is 9.18. The zero-order valence-corrected chi connectivity index (χ0v) is 10.00. The van der Waals surface area contributed by atoms with Gasteiger partial charge in [0, 0.05) is 13.0 Å². The van der Waals surface area contributed by atoms with Gasteiger partial charge in [0.25, 0.3) is 0 Å². The molecular formula is C9H18N2O4S. The first-order valence-electron chi connectivity index (χ1n) is 4.91. The Morgan fingerprint density at radius 3 is 2.50 bits per heavy atom. The van der Waals surface area contributed by atoms with Gasteiger partial charge >= 0.3 is 5.97 Å². The summed E-state index contributed by atoms with van der Waals surface area (Å²) in [5.41, 5.74) is 5.57. The number of aliphatic hydroxyl groups excluding tert-OH is 1. The molecular weight excluding hydrogens is 232 g/mol. The van der Waals surface area contributed by atoms with Gasteiger partial charge in [-0.2, -0.15) is 11.8 Å². The Kier molecular flexibility index (Phi) is 7.96. The van der Waals surface area contributed by atoms with Crippen LogP contribution in [-0.2, 0) is 9.59 Å². The maximum Gasteiger partial charge on any atom is 0.326 e. The summed E-state index contributed by atoms with van der Waals surface area (Å²) in [5, 5.41) is 19.7. The molecule has 1 amide bonds. The third-order valence-electron chi connectivity index (χ3n) is 2.00. The number of aliphatic hydroxyl groups is 1. The van der Waals surface area contributed by atoms with Crippen LogP contribution < -0.4 is 11.1 Å². The average molecular weight is 250 g/mol. The molecule has 0 saturated heterocycles. The maximum absolute atomic E-state index is 11.4. The third-order valence-corrected chi connectivity index (χ3v) is 2.65. The number of carbonyl (C=O) groups is 2. The first-order valence-corrected chi connectivity index (χ1v) is 6.30. The van der Waals surface area contributed by atoms with Crippen molar-refractivity contribution in [3.63, 3.8) is 0 Å². The van der Waals surface area contributed by atoms with Crippen molar-refractivity contribution in [3.8, 4) is 0 Å². The standard InChI is InChI=1S/C9H18N2O4S/c1-16-5-3-6(10)8(13)11-7(2-4-12)9(14)15/h6-7,12H,2-5,10H2,1H3,(H,11,13)(H,14,15)/t6-,7?/m0/s1. The van der Waals surface area contributed by atoms with E-state index in [1.807, 2.05) is 6.26 Å². The average Bonchev–Trinajstić information content (AvgIpc) is 2.24. The van der Waals surface area contributed by atoms with E-state index in [-0.39, 0.29) is 13.0 Å². The number of nitrogens with one attached hydrogen (secondary N) is 1. The smallest absolute Gasteiger partial charge is 0.326 e. The van der Waals surface area contributed by atoms with Crippen molar-refractivity contribution in [1.29, 1.82) is 0 Å². The largest absolute Gasteiger partial charge is 0.480 e. The molecule has 0 bridgehead atoms. The molecule has 6 nitrogen and oxygen atoms in total. The van der Waals surface area contributed by atoms with Gasteiger partial charge in [-0.1, -0.05) is 0 Å². The second-order valence-corrected chi connectivity index (χ2v) is 4.29. The molecule has 0 fully saturated rings. The van der Waals surface area contributed by atoms with Gasteiger partial charge in [0.05, 0.1) is 6.04 Å². The van der Waals surface area contributed by atoms with Gasteiger partial charge in [-0.05, 0) is 18.4 Å². The Morgan fingerprint density at radius 1 is 1.44 bits per heavy atom. The molecule has 1 unspecified atom stereocenters. The van der Waals surface area contributed by atoms with E-state index in [0.717, 1.165) is 5.75 Å².